The van der Waals surface area contributed by atoms with Gasteiger partial charge in [0.2, 0.25) is 5.91 Å². The molecule has 0 radical (unpaired) electrons. The predicted octanol–water partition coefficient (Wildman–Crippen LogP) is 3.24. The summed E-state index contributed by atoms with van der Waals surface area (Å²) < 4.78 is 0. The summed E-state index contributed by atoms with van der Waals surface area (Å²) in [6.45, 7) is 7.14. The first-order valence-corrected chi connectivity index (χ1v) is 7.11. The van der Waals surface area contributed by atoms with E-state index in [1.165, 1.54) is 0 Å². The summed E-state index contributed by atoms with van der Waals surface area (Å²) in [5, 5.41) is 7.08. The van der Waals surface area contributed by atoms with Crippen LogP contribution in [0, 0.1) is 5.92 Å². The van der Waals surface area contributed by atoms with Crippen LogP contribution in [0.25, 0.3) is 0 Å². The Hall–Kier alpha value is -0.770. The van der Waals surface area contributed by atoms with E-state index in [1.807, 2.05) is 19.1 Å². The van der Waals surface area contributed by atoms with Crippen LogP contribution in [-0.2, 0) is 11.3 Å². The smallest absolute Gasteiger partial charge is 0.236 e. The van der Waals surface area contributed by atoms with Gasteiger partial charge in [-0.1, -0.05) is 49.2 Å². The third-order valence-corrected chi connectivity index (χ3v) is 3.57. The van der Waals surface area contributed by atoms with E-state index in [0.717, 1.165) is 5.56 Å². The Kier molecular flexibility index (Phi) is 6.63. The van der Waals surface area contributed by atoms with E-state index in [4.69, 9.17) is 23.2 Å². The van der Waals surface area contributed by atoms with Gasteiger partial charge in [-0.2, -0.15) is 0 Å². The van der Waals surface area contributed by atoms with Crippen LogP contribution in [0.2, 0.25) is 10.0 Å². The summed E-state index contributed by atoms with van der Waals surface area (Å²) in [7, 11) is 0. The molecule has 0 aliphatic carbocycles. The second-order valence-corrected chi connectivity index (χ2v) is 5.74. The lowest BCUT2D eigenvalue weighted by molar-refractivity contribution is -0.122. The lowest BCUT2D eigenvalue weighted by Crippen LogP contribution is -2.43. The maximum absolute atomic E-state index is 11.8. The molecule has 0 heterocycles. The molecule has 1 rings (SSSR count). The monoisotopic (exact) mass is 302 g/mol. The molecule has 0 fully saturated rings. The van der Waals surface area contributed by atoms with Crippen molar-refractivity contribution in [2.24, 2.45) is 5.92 Å². The van der Waals surface area contributed by atoms with E-state index in [1.54, 1.807) is 6.07 Å². The number of hydrogen-bond donors (Lipinski definition) is 2. The lowest BCUT2D eigenvalue weighted by atomic mass is 10.2. The van der Waals surface area contributed by atoms with E-state index >= 15 is 0 Å². The highest BCUT2D eigenvalue weighted by atomic mass is 35.5. The van der Waals surface area contributed by atoms with Gasteiger partial charge in [0.1, 0.15) is 0 Å². The van der Waals surface area contributed by atoms with Crippen LogP contribution in [0.5, 0.6) is 0 Å². The molecule has 5 heteroatoms. The van der Waals surface area contributed by atoms with Gasteiger partial charge in [0.05, 0.1) is 16.1 Å². The van der Waals surface area contributed by atoms with Gasteiger partial charge in [-0.05, 0) is 24.5 Å². The largest absolute Gasteiger partial charge is 0.354 e. The first-order valence-electron chi connectivity index (χ1n) is 6.35. The molecule has 0 aliphatic heterocycles. The SMILES string of the molecule is CC(C)CNC(=O)C(C)NCc1cccc(Cl)c1Cl. The van der Waals surface area contributed by atoms with Crippen molar-refractivity contribution in [3.8, 4) is 0 Å². The molecule has 0 bridgehead atoms. The molecule has 0 saturated carbocycles. The van der Waals surface area contributed by atoms with Gasteiger partial charge in [-0.3, -0.25) is 4.79 Å². The van der Waals surface area contributed by atoms with Gasteiger partial charge in [0.25, 0.3) is 0 Å². The Morgan fingerprint density at radius 2 is 1.95 bits per heavy atom. The number of rotatable bonds is 6. The first-order chi connectivity index (χ1) is 8.91. The molecule has 1 unspecified atom stereocenters. The number of nitrogens with one attached hydrogen (secondary N) is 2. The second-order valence-electron chi connectivity index (χ2n) is 4.95. The zero-order valence-electron chi connectivity index (χ0n) is 11.5. The number of hydrogen-bond acceptors (Lipinski definition) is 2. The third-order valence-electron chi connectivity index (χ3n) is 2.71. The molecule has 1 aromatic rings. The Morgan fingerprint density at radius 1 is 1.26 bits per heavy atom. The molecule has 3 nitrogen and oxygen atoms in total. The van der Waals surface area contributed by atoms with Gasteiger partial charge >= 0.3 is 0 Å². The normalized spacial score (nSPS) is 12.5. The molecule has 0 aliphatic rings. The molecular formula is C14H20Cl2N2O. The van der Waals surface area contributed by atoms with Crippen molar-refractivity contribution in [1.82, 2.24) is 10.6 Å². The molecule has 1 amide bonds. The number of carbonyl (C=O) groups excluding carboxylic acids is 1. The molecule has 19 heavy (non-hydrogen) atoms. The van der Waals surface area contributed by atoms with Crippen molar-refractivity contribution in [1.29, 1.82) is 0 Å². The van der Waals surface area contributed by atoms with E-state index in [2.05, 4.69) is 24.5 Å². The summed E-state index contributed by atoms with van der Waals surface area (Å²) in [6.07, 6.45) is 0. The number of amides is 1. The Bertz CT molecular complexity index is 435. The fraction of sp³-hybridized carbons (Fsp3) is 0.500. The minimum atomic E-state index is -0.270. The Labute approximate surface area is 124 Å². The number of benzene rings is 1. The average Bonchev–Trinajstić information content (AvgIpc) is 2.37. The van der Waals surface area contributed by atoms with Crippen LogP contribution in [-0.4, -0.2) is 18.5 Å². The van der Waals surface area contributed by atoms with Gasteiger partial charge in [0.15, 0.2) is 0 Å². The van der Waals surface area contributed by atoms with Crippen LogP contribution in [0.3, 0.4) is 0 Å². The standard InChI is InChI=1S/C14H20Cl2N2O/c1-9(2)7-18-14(19)10(3)17-8-11-5-4-6-12(15)13(11)16/h4-6,9-10,17H,7-8H2,1-3H3,(H,18,19). The topological polar surface area (TPSA) is 41.1 Å². The summed E-state index contributed by atoms with van der Waals surface area (Å²) in [4.78, 5) is 11.8. The molecular weight excluding hydrogens is 283 g/mol. The van der Waals surface area contributed by atoms with Gasteiger partial charge < -0.3 is 10.6 Å². The second kappa shape index (κ2) is 7.73. The molecule has 1 aromatic carbocycles. The summed E-state index contributed by atoms with van der Waals surface area (Å²) in [5.41, 5.74) is 0.887. The Morgan fingerprint density at radius 3 is 2.58 bits per heavy atom. The summed E-state index contributed by atoms with van der Waals surface area (Å²) in [6, 6.07) is 5.20. The maximum atomic E-state index is 11.8. The van der Waals surface area contributed by atoms with Crippen LogP contribution < -0.4 is 10.6 Å². The molecule has 0 saturated heterocycles. The van der Waals surface area contributed by atoms with Gasteiger partial charge in [-0.25, -0.2) is 0 Å². The highest BCUT2D eigenvalue weighted by Gasteiger charge is 2.13. The fourth-order valence-corrected chi connectivity index (χ4v) is 1.89. The van der Waals surface area contributed by atoms with Crippen molar-refractivity contribution in [2.75, 3.05) is 6.54 Å². The van der Waals surface area contributed by atoms with Crippen LogP contribution in [0.15, 0.2) is 18.2 Å². The zero-order valence-corrected chi connectivity index (χ0v) is 13.0. The quantitative estimate of drug-likeness (QED) is 0.847. The summed E-state index contributed by atoms with van der Waals surface area (Å²) >= 11 is 12.0. The minimum absolute atomic E-state index is 0.00755. The maximum Gasteiger partial charge on any atom is 0.236 e. The van der Waals surface area contributed by atoms with Crippen LogP contribution in [0.1, 0.15) is 26.3 Å². The van der Waals surface area contributed by atoms with Crippen LogP contribution >= 0.6 is 23.2 Å². The van der Waals surface area contributed by atoms with Crippen LogP contribution in [0.4, 0.5) is 0 Å². The summed E-state index contributed by atoms with van der Waals surface area (Å²) in [5.74, 6) is 0.436. The molecule has 2 N–H and O–H groups in total. The highest BCUT2D eigenvalue weighted by Crippen LogP contribution is 2.25. The molecule has 0 spiro atoms. The Balaban J connectivity index is 2.47. The van der Waals surface area contributed by atoms with Crippen molar-refractivity contribution in [2.45, 2.75) is 33.4 Å². The van der Waals surface area contributed by atoms with Gasteiger partial charge in [-0.15, -0.1) is 0 Å². The van der Waals surface area contributed by atoms with E-state index in [-0.39, 0.29) is 11.9 Å². The molecule has 106 valence electrons. The highest BCUT2D eigenvalue weighted by molar-refractivity contribution is 6.42. The zero-order chi connectivity index (χ0) is 14.4. The lowest BCUT2D eigenvalue weighted by Gasteiger charge is -2.15. The molecule has 1 atom stereocenters. The van der Waals surface area contributed by atoms with E-state index < -0.39 is 0 Å². The van der Waals surface area contributed by atoms with Gasteiger partial charge in [0, 0.05) is 13.1 Å². The van der Waals surface area contributed by atoms with Crippen molar-refractivity contribution >= 4 is 29.1 Å². The van der Waals surface area contributed by atoms with E-state index in [9.17, 15) is 4.79 Å². The van der Waals surface area contributed by atoms with Crippen molar-refractivity contribution in [3.63, 3.8) is 0 Å². The fourth-order valence-electron chi connectivity index (χ4n) is 1.50. The number of halogens is 2. The number of carbonyl (C=O) groups is 1. The average molecular weight is 303 g/mol. The van der Waals surface area contributed by atoms with Crippen molar-refractivity contribution in [3.05, 3.63) is 33.8 Å². The van der Waals surface area contributed by atoms with Crippen molar-refractivity contribution < 1.29 is 4.79 Å². The first kappa shape index (κ1) is 16.3. The van der Waals surface area contributed by atoms with E-state index in [0.29, 0.717) is 29.1 Å². The third kappa shape index (κ3) is 5.39. The molecule has 0 aromatic heterocycles. The minimum Gasteiger partial charge on any atom is -0.354 e. The predicted molar refractivity (Wildman–Crippen MR) is 80.6 cm³/mol.